The molecule has 0 saturated carbocycles. The van der Waals surface area contributed by atoms with Crippen molar-refractivity contribution in [1.29, 1.82) is 0 Å². The Labute approximate surface area is 437 Å². The molecule has 0 aliphatic carbocycles. The molecular weight excluding hydrogens is 965 g/mol. The first-order chi connectivity index (χ1) is 37.1. The van der Waals surface area contributed by atoms with Crippen LogP contribution in [0.1, 0.15) is 31.8 Å². The quantitative estimate of drug-likeness (QED) is 0.0831. The van der Waals surface area contributed by atoms with Gasteiger partial charge in [-0.1, -0.05) is 120 Å². The van der Waals surface area contributed by atoms with Crippen LogP contribution >= 0.6 is 0 Å². The maximum Gasteiger partial charge on any atom is 0.337 e. The zero-order chi connectivity index (χ0) is 52.6. The maximum atomic E-state index is 11.8. The number of methoxy groups -OCH3 is 2. The second-order valence-corrected chi connectivity index (χ2v) is 16.4. The first-order valence-corrected chi connectivity index (χ1v) is 23.5. The van der Waals surface area contributed by atoms with E-state index in [1.54, 1.807) is 48.5 Å². The highest BCUT2D eigenvalue weighted by atomic mass is 16.5. The number of nitrogens with zero attached hydrogens (tertiary/aromatic N) is 6. The summed E-state index contributed by atoms with van der Waals surface area (Å²) in [4.78, 5) is 49.2. The molecule has 10 aromatic rings. The average Bonchev–Trinajstić information content (AvgIpc) is 3.45. The van der Waals surface area contributed by atoms with E-state index in [2.05, 4.69) is 29.9 Å². The fraction of sp³-hybridized carbons (Fsp3) is 0.0667. The summed E-state index contributed by atoms with van der Waals surface area (Å²) in [5, 5.41) is 0. The molecule has 0 spiro atoms. The van der Waals surface area contributed by atoms with Gasteiger partial charge >= 0.3 is 48.0 Å². The highest BCUT2D eigenvalue weighted by molar-refractivity contribution is 5.90. The molecule has 0 N–H and O–H groups in total. The fourth-order valence-electron chi connectivity index (χ4n) is 7.01. The van der Waals surface area contributed by atoms with E-state index >= 15 is 0 Å². The molecule has 0 atom stereocenters. The Hall–Kier alpha value is -10.5. The van der Waals surface area contributed by atoms with Crippen LogP contribution in [0.3, 0.4) is 0 Å². The van der Waals surface area contributed by atoms with Gasteiger partial charge in [0, 0.05) is 0 Å². The van der Waals surface area contributed by atoms with E-state index in [1.165, 1.54) is 14.2 Å². The first-order valence-electron chi connectivity index (χ1n) is 23.5. The summed E-state index contributed by atoms with van der Waals surface area (Å²) in [7, 11) is 2.65. The summed E-state index contributed by atoms with van der Waals surface area (Å²) < 4.78 is 44.7. The third-order valence-electron chi connectivity index (χ3n) is 10.9. The molecule has 16 nitrogen and oxygen atoms in total. The smallest absolute Gasteiger partial charge is 0.337 e. The summed E-state index contributed by atoms with van der Waals surface area (Å²) in [5.41, 5.74) is 7.26. The topological polar surface area (TPSA) is 185 Å². The van der Waals surface area contributed by atoms with Crippen LogP contribution in [0.4, 0.5) is 0 Å². The van der Waals surface area contributed by atoms with Gasteiger partial charge in [0.2, 0.25) is 0 Å². The Balaban J connectivity index is 0.000000193. The van der Waals surface area contributed by atoms with Crippen LogP contribution in [0.25, 0.3) is 22.3 Å². The summed E-state index contributed by atoms with van der Waals surface area (Å²) in [6.07, 6.45) is 0. The number of aryl methyl sites for hydroxylation is 2. The normalized spacial score (nSPS) is 10.5. The average molecular weight is 1010 g/mol. The summed E-state index contributed by atoms with van der Waals surface area (Å²) in [6, 6.07) is 62.8. The van der Waals surface area contributed by atoms with Crippen LogP contribution < -0.4 is 28.4 Å². The summed E-state index contributed by atoms with van der Waals surface area (Å²) in [6.45, 7) is 3.97. The van der Waals surface area contributed by atoms with Gasteiger partial charge in [-0.05, 0) is 133 Å². The molecule has 0 aliphatic rings. The minimum Gasteiger partial charge on any atom is -0.465 e. The number of carbonyl (C=O) groups excluding carboxylic acids is 2. The zero-order valence-corrected chi connectivity index (χ0v) is 41.4. The number of ether oxygens (including phenoxy) is 8. The van der Waals surface area contributed by atoms with Gasteiger partial charge in [-0.3, -0.25) is 0 Å². The molecule has 0 saturated heterocycles. The maximum absolute atomic E-state index is 11.8. The van der Waals surface area contributed by atoms with E-state index in [1.807, 2.05) is 172 Å². The lowest BCUT2D eigenvalue weighted by molar-refractivity contribution is 0.0592. The molecule has 16 heteroatoms. The first kappa shape index (κ1) is 50.5. The molecule has 376 valence electrons. The molecule has 2 heterocycles. The number of rotatable bonds is 16. The molecule has 0 amide bonds. The highest BCUT2D eigenvalue weighted by Gasteiger charge is 2.16. The van der Waals surface area contributed by atoms with Crippen molar-refractivity contribution in [3.8, 4) is 92.8 Å². The van der Waals surface area contributed by atoms with Crippen LogP contribution in [0.5, 0.6) is 70.6 Å². The minimum absolute atomic E-state index is 0.0112. The fourth-order valence-corrected chi connectivity index (χ4v) is 7.01. The Bertz CT molecular complexity index is 3350. The molecular formula is C60H46N6O10. The summed E-state index contributed by atoms with van der Waals surface area (Å²) >= 11 is 0. The van der Waals surface area contributed by atoms with Gasteiger partial charge in [0.05, 0.1) is 25.3 Å². The van der Waals surface area contributed by atoms with Gasteiger partial charge < -0.3 is 37.9 Å². The van der Waals surface area contributed by atoms with Gasteiger partial charge in [-0.2, -0.15) is 0 Å². The van der Waals surface area contributed by atoms with E-state index in [4.69, 9.17) is 37.9 Å². The zero-order valence-electron chi connectivity index (χ0n) is 41.4. The van der Waals surface area contributed by atoms with Crippen LogP contribution in [0.2, 0.25) is 0 Å². The minimum atomic E-state index is -0.449. The van der Waals surface area contributed by atoms with Gasteiger partial charge in [0.15, 0.2) is 0 Å². The molecule has 0 fully saturated rings. The monoisotopic (exact) mass is 1010 g/mol. The lowest BCUT2D eigenvalue weighted by Crippen LogP contribution is -2.02. The number of hydrogen-bond acceptors (Lipinski definition) is 16. The predicted octanol–water partition coefficient (Wildman–Crippen LogP) is 14.0. The molecule has 76 heavy (non-hydrogen) atoms. The highest BCUT2D eigenvalue weighted by Crippen LogP contribution is 2.31. The molecule has 10 rings (SSSR count). The van der Waals surface area contributed by atoms with Crippen molar-refractivity contribution in [2.45, 2.75) is 13.8 Å². The van der Waals surface area contributed by atoms with Crippen molar-refractivity contribution in [2.24, 2.45) is 0 Å². The molecule has 0 unspecified atom stereocenters. The predicted molar refractivity (Wildman–Crippen MR) is 282 cm³/mol. The standard InChI is InChI=1S/C35H25N3O5.C25H21N3O5/c1-40-32(39)28-16-22-31(23-17-28)43-35-37-33(41-29-18-12-26(13-19-29)24-8-4-2-5-9-24)36-34(38-35)42-30-20-14-27(15-21-30)25-10-6-3-7-11-25;1-16-4-10-19(11-5-16)31-23-26-24(32-20-12-6-17(2)7-13-20)28-25(27-23)33-21-14-8-18(9-15-21)22(29)30-3/h2-23H,1H3;4-15H,1-3H3. The molecule has 2 aromatic heterocycles. The van der Waals surface area contributed by atoms with Crippen LogP contribution in [0, 0.1) is 13.8 Å². The SMILES string of the molecule is COC(=O)c1ccc(Oc2nc(Oc3ccc(-c4ccccc4)cc3)nc(Oc3ccc(-c4ccccc4)cc3)n2)cc1.COC(=O)c1ccc(Oc2nc(Oc3ccc(C)cc3)nc(Oc3ccc(C)cc3)n2)cc1. The van der Waals surface area contributed by atoms with Gasteiger partial charge in [-0.15, -0.1) is 29.9 Å². The second-order valence-electron chi connectivity index (χ2n) is 16.4. The number of esters is 2. The number of carbonyl (C=O) groups is 2. The number of aromatic nitrogens is 6. The second kappa shape index (κ2) is 24.3. The van der Waals surface area contributed by atoms with Crippen molar-refractivity contribution in [3.05, 3.63) is 229 Å². The Kier molecular flexibility index (Phi) is 16.1. The largest absolute Gasteiger partial charge is 0.465 e. The Morgan fingerprint density at radius 3 is 0.724 bits per heavy atom. The Morgan fingerprint density at radius 2 is 0.487 bits per heavy atom. The molecule has 0 bridgehead atoms. The number of hydrogen-bond donors (Lipinski definition) is 0. The van der Waals surface area contributed by atoms with Crippen molar-refractivity contribution in [2.75, 3.05) is 14.2 Å². The van der Waals surface area contributed by atoms with Crippen LogP contribution in [0.15, 0.2) is 206 Å². The molecule has 8 aromatic carbocycles. The van der Waals surface area contributed by atoms with E-state index in [0.717, 1.165) is 33.4 Å². The van der Waals surface area contributed by atoms with Gasteiger partial charge in [0.25, 0.3) is 0 Å². The molecule has 0 radical (unpaired) electrons. The van der Waals surface area contributed by atoms with Crippen LogP contribution in [-0.2, 0) is 9.47 Å². The lowest BCUT2D eigenvalue weighted by Gasteiger charge is -2.11. The summed E-state index contributed by atoms with van der Waals surface area (Å²) in [5.74, 6) is 2.09. The molecule has 0 aliphatic heterocycles. The Morgan fingerprint density at radius 1 is 0.276 bits per heavy atom. The van der Waals surface area contributed by atoms with Gasteiger partial charge in [0.1, 0.15) is 34.5 Å². The van der Waals surface area contributed by atoms with E-state index in [9.17, 15) is 9.59 Å². The van der Waals surface area contributed by atoms with Crippen molar-refractivity contribution < 1.29 is 47.5 Å². The lowest BCUT2D eigenvalue weighted by atomic mass is 10.1. The third-order valence-corrected chi connectivity index (χ3v) is 10.9. The van der Waals surface area contributed by atoms with E-state index < -0.39 is 11.9 Å². The van der Waals surface area contributed by atoms with Crippen molar-refractivity contribution in [3.63, 3.8) is 0 Å². The number of benzene rings is 8. The third kappa shape index (κ3) is 13.9. The van der Waals surface area contributed by atoms with Crippen molar-refractivity contribution >= 4 is 11.9 Å². The van der Waals surface area contributed by atoms with Crippen LogP contribution in [-0.4, -0.2) is 56.1 Å². The van der Waals surface area contributed by atoms with Gasteiger partial charge in [-0.25, -0.2) is 9.59 Å². The van der Waals surface area contributed by atoms with E-state index in [0.29, 0.717) is 45.6 Å². The van der Waals surface area contributed by atoms with E-state index in [-0.39, 0.29) is 36.1 Å². The van der Waals surface area contributed by atoms with Crippen molar-refractivity contribution in [1.82, 2.24) is 29.9 Å².